The van der Waals surface area contributed by atoms with Crippen molar-refractivity contribution in [3.8, 4) is 22.9 Å². The van der Waals surface area contributed by atoms with Gasteiger partial charge in [-0.15, -0.1) is 0 Å². The molecule has 8 nitrogen and oxygen atoms in total. The van der Waals surface area contributed by atoms with Gasteiger partial charge in [0.05, 0.1) is 7.11 Å². The lowest BCUT2D eigenvalue weighted by atomic mass is 10.2. The van der Waals surface area contributed by atoms with Gasteiger partial charge in [-0.2, -0.15) is 13.8 Å². The van der Waals surface area contributed by atoms with Crippen LogP contribution in [-0.2, 0) is 17.8 Å². The average Bonchev–Trinajstić information content (AvgIpc) is 3.22. The van der Waals surface area contributed by atoms with Gasteiger partial charge in [0, 0.05) is 44.4 Å². The van der Waals surface area contributed by atoms with Gasteiger partial charge in [0.1, 0.15) is 0 Å². The molecule has 0 spiro atoms. The number of methoxy groups -OCH3 is 1. The van der Waals surface area contributed by atoms with E-state index in [9.17, 15) is 13.6 Å². The first-order valence-electron chi connectivity index (χ1n) is 9.05. The van der Waals surface area contributed by atoms with Crippen molar-refractivity contribution in [1.82, 2.24) is 20.0 Å². The Labute approximate surface area is 171 Å². The van der Waals surface area contributed by atoms with Crippen LogP contribution >= 0.6 is 0 Å². The largest absolute Gasteiger partial charge is 0.493 e. The summed E-state index contributed by atoms with van der Waals surface area (Å²) in [5.74, 6) is 0.769. The molecule has 0 atom stereocenters. The topological polar surface area (TPSA) is 90.6 Å². The van der Waals surface area contributed by atoms with Crippen LogP contribution in [0, 0.1) is 0 Å². The minimum atomic E-state index is -2.95. The molecule has 2 heterocycles. The smallest absolute Gasteiger partial charge is 0.387 e. The third-order valence-corrected chi connectivity index (χ3v) is 4.25. The van der Waals surface area contributed by atoms with E-state index in [0.29, 0.717) is 23.7 Å². The van der Waals surface area contributed by atoms with Gasteiger partial charge in [-0.3, -0.25) is 9.78 Å². The maximum absolute atomic E-state index is 12.4. The molecule has 1 amide bonds. The third kappa shape index (κ3) is 5.49. The van der Waals surface area contributed by atoms with E-state index < -0.39 is 6.61 Å². The van der Waals surface area contributed by atoms with Gasteiger partial charge in [-0.1, -0.05) is 11.2 Å². The minimum absolute atomic E-state index is 0.0633. The monoisotopic (exact) mass is 418 g/mol. The average molecular weight is 418 g/mol. The molecule has 0 saturated heterocycles. The Hall–Kier alpha value is -3.56. The molecule has 3 rings (SSSR count). The van der Waals surface area contributed by atoms with Crippen LogP contribution in [0.2, 0.25) is 0 Å². The van der Waals surface area contributed by atoms with Crippen molar-refractivity contribution in [2.24, 2.45) is 0 Å². The number of hydrogen-bond donors (Lipinski definition) is 0. The van der Waals surface area contributed by atoms with E-state index in [2.05, 4.69) is 19.9 Å². The van der Waals surface area contributed by atoms with Crippen molar-refractivity contribution >= 4 is 5.91 Å². The van der Waals surface area contributed by atoms with Crippen LogP contribution in [-0.4, -0.2) is 46.7 Å². The van der Waals surface area contributed by atoms with Crippen molar-refractivity contribution < 1.29 is 27.6 Å². The standard InChI is InChI=1S/C20H20F2N4O4/c1-26(12-13-3-4-15(29-20(21)22)16(11-13)28-2)18(27)6-5-17-24-19(25-30-17)14-7-9-23-10-8-14/h3-4,7-11,20H,5-6,12H2,1-2H3. The number of hydrogen-bond acceptors (Lipinski definition) is 7. The summed E-state index contributed by atoms with van der Waals surface area (Å²) in [6, 6.07) is 8.07. The zero-order valence-electron chi connectivity index (χ0n) is 16.4. The normalized spacial score (nSPS) is 10.8. The van der Waals surface area contributed by atoms with Crippen LogP contribution in [0.4, 0.5) is 8.78 Å². The maximum atomic E-state index is 12.4. The van der Waals surface area contributed by atoms with Crippen LogP contribution in [0.5, 0.6) is 11.5 Å². The number of aromatic nitrogens is 3. The van der Waals surface area contributed by atoms with E-state index in [1.807, 2.05) is 0 Å². The van der Waals surface area contributed by atoms with E-state index in [4.69, 9.17) is 9.26 Å². The SMILES string of the molecule is COc1cc(CN(C)C(=O)CCc2nc(-c3ccncc3)no2)ccc1OC(F)F. The zero-order valence-corrected chi connectivity index (χ0v) is 16.4. The van der Waals surface area contributed by atoms with E-state index in [1.165, 1.54) is 18.1 Å². The number of amides is 1. The number of aryl methyl sites for hydroxylation is 1. The van der Waals surface area contributed by atoms with Gasteiger partial charge in [-0.05, 0) is 29.8 Å². The lowest BCUT2D eigenvalue weighted by Crippen LogP contribution is -2.26. The van der Waals surface area contributed by atoms with Crippen LogP contribution in [0.25, 0.3) is 11.4 Å². The Balaban J connectivity index is 1.55. The molecule has 0 N–H and O–H groups in total. The molecule has 3 aromatic rings. The second kappa shape index (κ2) is 9.77. The summed E-state index contributed by atoms with van der Waals surface area (Å²) in [4.78, 5) is 22.2. The third-order valence-electron chi connectivity index (χ3n) is 4.25. The molecule has 0 radical (unpaired) electrons. The number of rotatable bonds is 9. The highest BCUT2D eigenvalue weighted by Gasteiger charge is 2.16. The number of nitrogens with zero attached hydrogens (tertiary/aromatic N) is 4. The highest BCUT2D eigenvalue weighted by atomic mass is 19.3. The fraction of sp³-hybridized carbons (Fsp3) is 0.300. The quantitative estimate of drug-likeness (QED) is 0.526. The number of carbonyl (C=O) groups is 1. The predicted octanol–water partition coefficient (Wildman–Crippen LogP) is 3.33. The van der Waals surface area contributed by atoms with Gasteiger partial charge in [-0.25, -0.2) is 0 Å². The molecule has 0 fully saturated rings. The van der Waals surface area contributed by atoms with Gasteiger partial charge < -0.3 is 18.9 Å². The number of ether oxygens (including phenoxy) is 2. The number of benzene rings is 1. The highest BCUT2D eigenvalue weighted by molar-refractivity contribution is 5.76. The summed E-state index contributed by atoms with van der Waals surface area (Å²) in [6.45, 7) is -2.67. The Morgan fingerprint density at radius 3 is 2.67 bits per heavy atom. The van der Waals surface area contributed by atoms with E-state index in [0.717, 1.165) is 5.56 Å². The maximum Gasteiger partial charge on any atom is 0.387 e. The molecule has 0 bridgehead atoms. The Bertz CT molecular complexity index is 982. The van der Waals surface area contributed by atoms with E-state index in [1.54, 1.807) is 43.7 Å². The number of alkyl halides is 2. The first-order valence-corrected chi connectivity index (χ1v) is 9.05. The minimum Gasteiger partial charge on any atom is -0.493 e. The highest BCUT2D eigenvalue weighted by Crippen LogP contribution is 2.29. The van der Waals surface area contributed by atoms with Crippen molar-refractivity contribution in [3.05, 3.63) is 54.2 Å². The molecule has 158 valence electrons. The van der Waals surface area contributed by atoms with Crippen molar-refractivity contribution in [1.29, 1.82) is 0 Å². The second-order valence-electron chi connectivity index (χ2n) is 6.36. The summed E-state index contributed by atoms with van der Waals surface area (Å²) in [7, 11) is 3.01. The van der Waals surface area contributed by atoms with Gasteiger partial charge in [0.15, 0.2) is 11.5 Å². The molecule has 1 aromatic carbocycles. The van der Waals surface area contributed by atoms with Crippen molar-refractivity contribution in [2.45, 2.75) is 26.0 Å². The van der Waals surface area contributed by atoms with Crippen molar-refractivity contribution in [2.75, 3.05) is 14.2 Å². The van der Waals surface area contributed by atoms with E-state index >= 15 is 0 Å². The molecule has 2 aromatic heterocycles. The summed E-state index contributed by atoms with van der Waals surface area (Å²) in [6.07, 6.45) is 3.74. The lowest BCUT2D eigenvalue weighted by molar-refractivity contribution is -0.130. The predicted molar refractivity (Wildman–Crippen MR) is 102 cm³/mol. The molecule has 0 unspecified atom stereocenters. The van der Waals surface area contributed by atoms with Crippen LogP contribution in [0.15, 0.2) is 47.2 Å². The van der Waals surface area contributed by atoms with Crippen LogP contribution in [0.3, 0.4) is 0 Å². The second-order valence-corrected chi connectivity index (χ2v) is 6.36. The molecule has 0 aliphatic carbocycles. The first kappa shape index (κ1) is 21.2. The molecular formula is C20H20F2N4O4. The zero-order chi connectivity index (χ0) is 21.5. The van der Waals surface area contributed by atoms with Crippen molar-refractivity contribution in [3.63, 3.8) is 0 Å². The van der Waals surface area contributed by atoms with E-state index in [-0.39, 0.29) is 30.4 Å². The summed E-state index contributed by atoms with van der Waals surface area (Å²) in [5.41, 5.74) is 1.48. The molecule has 0 saturated carbocycles. The van der Waals surface area contributed by atoms with Crippen LogP contribution in [0.1, 0.15) is 17.9 Å². The number of pyridine rings is 1. The fourth-order valence-corrected chi connectivity index (χ4v) is 2.75. The molecular weight excluding hydrogens is 398 g/mol. The number of halogens is 2. The molecule has 10 heteroatoms. The Kier molecular flexibility index (Phi) is 6.89. The lowest BCUT2D eigenvalue weighted by Gasteiger charge is -2.18. The van der Waals surface area contributed by atoms with Gasteiger partial charge >= 0.3 is 6.61 Å². The molecule has 0 aliphatic rings. The number of carbonyl (C=O) groups excluding carboxylic acids is 1. The molecule has 30 heavy (non-hydrogen) atoms. The summed E-state index contributed by atoms with van der Waals surface area (Å²) in [5, 5.41) is 3.91. The molecule has 0 aliphatic heterocycles. The fourth-order valence-electron chi connectivity index (χ4n) is 2.75. The van der Waals surface area contributed by atoms with Gasteiger partial charge in [0.25, 0.3) is 0 Å². The first-order chi connectivity index (χ1) is 14.5. The van der Waals surface area contributed by atoms with Crippen LogP contribution < -0.4 is 9.47 Å². The summed E-state index contributed by atoms with van der Waals surface area (Å²) < 4.78 is 39.5. The van der Waals surface area contributed by atoms with Gasteiger partial charge in [0.2, 0.25) is 17.6 Å². The summed E-state index contributed by atoms with van der Waals surface area (Å²) >= 11 is 0. The Morgan fingerprint density at radius 1 is 1.20 bits per heavy atom. The Morgan fingerprint density at radius 2 is 1.97 bits per heavy atom.